The second kappa shape index (κ2) is 5.59. The summed E-state index contributed by atoms with van der Waals surface area (Å²) in [6, 6.07) is 13.5. The van der Waals surface area contributed by atoms with Gasteiger partial charge >= 0.3 is 0 Å². The zero-order valence-corrected chi connectivity index (χ0v) is 13.5. The minimum atomic E-state index is -0.178. The number of furan rings is 1. The number of carbonyl (C=O) groups is 1. The maximum absolute atomic E-state index is 13.0. The van der Waals surface area contributed by atoms with Crippen LogP contribution in [0.15, 0.2) is 58.5 Å². The van der Waals surface area contributed by atoms with E-state index < -0.39 is 0 Å². The molecule has 4 rings (SSSR count). The van der Waals surface area contributed by atoms with Gasteiger partial charge in [0.1, 0.15) is 11.9 Å². The van der Waals surface area contributed by atoms with Crippen molar-refractivity contribution in [2.24, 2.45) is 0 Å². The van der Waals surface area contributed by atoms with Crippen LogP contribution in [-0.2, 0) is 6.54 Å². The van der Waals surface area contributed by atoms with E-state index in [9.17, 15) is 4.79 Å². The zero-order valence-electron chi connectivity index (χ0n) is 12.7. The zero-order chi connectivity index (χ0) is 15.8. The Hall–Kier alpha value is -2.53. The summed E-state index contributed by atoms with van der Waals surface area (Å²) in [4.78, 5) is 16.0. The molecule has 1 aromatic carbocycles. The van der Waals surface area contributed by atoms with E-state index in [1.807, 2.05) is 41.3 Å². The summed E-state index contributed by atoms with van der Waals surface area (Å²) in [5.41, 5.74) is 2.76. The SMILES string of the molecule is Cc1ccsc1C1Nc2ccccc2C(=O)N1Cc1ccco1. The Morgan fingerprint density at radius 3 is 2.83 bits per heavy atom. The van der Waals surface area contributed by atoms with Crippen molar-refractivity contribution in [2.75, 3.05) is 5.32 Å². The van der Waals surface area contributed by atoms with Gasteiger partial charge in [-0.2, -0.15) is 0 Å². The number of amides is 1. The molecule has 23 heavy (non-hydrogen) atoms. The smallest absolute Gasteiger partial charge is 0.258 e. The van der Waals surface area contributed by atoms with Crippen molar-refractivity contribution in [3.63, 3.8) is 0 Å². The number of hydrogen-bond acceptors (Lipinski definition) is 4. The molecular formula is C18H16N2O2S. The first-order valence-electron chi connectivity index (χ1n) is 7.47. The van der Waals surface area contributed by atoms with Gasteiger partial charge < -0.3 is 14.6 Å². The van der Waals surface area contributed by atoms with Crippen molar-refractivity contribution in [2.45, 2.75) is 19.6 Å². The normalized spacial score (nSPS) is 17.0. The van der Waals surface area contributed by atoms with Gasteiger partial charge in [0.2, 0.25) is 0 Å². The molecule has 1 amide bonds. The van der Waals surface area contributed by atoms with Crippen molar-refractivity contribution in [1.82, 2.24) is 4.90 Å². The number of benzene rings is 1. The molecule has 0 bridgehead atoms. The Kier molecular flexibility index (Phi) is 3.42. The van der Waals surface area contributed by atoms with Crippen LogP contribution >= 0.6 is 11.3 Å². The van der Waals surface area contributed by atoms with E-state index in [2.05, 4.69) is 23.7 Å². The van der Waals surface area contributed by atoms with Gasteiger partial charge in [-0.25, -0.2) is 0 Å². The highest BCUT2D eigenvalue weighted by Gasteiger charge is 2.34. The molecule has 1 unspecified atom stereocenters. The quantitative estimate of drug-likeness (QED) is 0.776. The van der Waals surface area contributed by atoms with Gasteiger partial charge in [-0.1, -0.05) is 12.1 Å². The van der Waals surface area contributed by atoms with Crippen LogP contribution < -0.4 is 5.32 Å². The van der Waals surface area contributed by atoms with Crippen molar-refractivity contribution >= 4 is 22.9 Å². The topological polar surface area (TPSA) is 45.5 Å². The van der Waals surface area contributed by atoms with Crippen molar-refractivity contribution < 1.29 is 9.21 Å². The summed E-state index contributed by atoms with van der Waals surface area (Å²) in [6.45, 7) is 2.51. The fourth-order valence-electron chi connectivity index (χ4n) is 2.90. The molecule has 2 aromatic heterocycles. The molecular weight excluding hydrogens is 308 g/mol. The highest BCUT2D eigenvalue weighted by molar-refractivity contribution is 7.10. The molecule has 1 atom stereocenters. The second-order valence-electron chi connectivity index (χ2n) is 5.57. The van der Waals surface area contributed by atoms with Gasteiger partial charge in [-0.05, 0) is 48.2 Å². The lowest BCUT2D eigenvalue weighted by molar-refractivity contribution is 0.0654. The second-order valence-corrected chi connectivity index (χ2v) is 6.52. The number of anilines is 1. The van der Waals surface area contributed by atoms with Crippen LogP contribution in [0.2, 0.25) is 0 Å². The third-order valence-electron chi connectivity index (χ3n) is 4.08. The number of rotatable bonds is 3. The number of nitrogens with zero attached hydrogens (tertiary/aromatic N) is 1. The molecule has 0 saturated heterocycles. The number of nitrogens with one attached hydrogen (secondary N) is 1. The summed E-state index contributed by atoms with van der Waals surface area (Å²) in [5, 5.41) is 5.56. The third kappa shape index (κ3) is 2.43. The Balaban J connectivity index is 1.78. The van der Waals surface area contributed by atoms with Crippen molar-refractivity contribution in [3.8, 4) is 0 Å². The summed E-state index contributed by atoms with van der Waals surface area (Å²) in [6.07, 6.45) is 1.46. The van der Waals surface area contributed by atoms with E-state index in [1.54, 1.807) is 17.6 Å². The highest BCUT2D eigenvalue weighted by atomic mass is 32.1. The molecule has 1 N–H and O–H groups in total. The minimum Gasteiger partial charge on any atom is -0.467 e. The predicted molar refractivity (Wildman–Crippen MR) is 90.4 cm³/mol. The molecule has 3 aromatic rings. The van der Waals surface area contributed by atoms with E-state index >= 15 is 0 Å². The highest BCUT2D eigenvalue weighted by Crippen LogP contribution is 2.37. The van der Waals surface area contributed by atoms with E-state index in [0.717, 1.165) is 16.3 Å². The maximum Gasteiger partial charge on any atom is 0.258 e. The molecule has 0 spiro atoms. The summed E-state index contributed by atoms with van der Waals surface area (Å²) >= 11 is 1.66. The molecule has 116 valence electrons. The van der Waals surface area contributed by atoms with Crippen LogP contribution in [0, 0.1) is 6.92 Å². The lowest BCUT2D eigenvalue weighted by Crippen LogP contribution is -2.42. The minimum absolute atomic E-state index is 0.0218. The number of fused-ring (bicyclic) bond motifs is 1. The van der Waals surface area contributed by atoms with Crippen molar-refractivity contribution in [3.05, 3.63) is 75.9 Å². The standard InChI is InChI=1S/C18H16N2O2S/c1-12-8-10-23-16(12)17-19-15-7-3-2-6-14(15)18(21)20(17)11-13-5-4-9-22-13/h2-10,17,19H,11H2,1H3. The molecule has 1 aliphatic rings. The average molecular weight is 324 g/mol. The first kappa shape index (κ1) is 14.1. The van der Waals surface area contributed by atoms with Gasteiger partial charge in [-0.3, -0.25) is 4.79 Å². The number of aryl methyl sites for hydroxylation is 1. The summed E-state index contributed by atoms with van der Waals surface area (Å²) in [7, 11) is 0. The Morgan fingerprint density at radius 1 is 1.22 bits per heavy atom. The number of carbonyl (C=O) groups excluding carboxylic acids is 1. The molecule has 0 saturated carbocycles. The van der Waals surface area contributed by atoms with Crippen LogP contribution in [0.25, 0.3) is 0 Å². The van der Waals surface area contributed by atoms with E-state index in [4.69, 9.17) is 4.42 Å². The van der Waals surface area contributed by atoms with E-state index in [1.165, 1.54) is 5.56 Å². The monoisotopic (exact) mass is 324 g/mol. The lowest BCUT2D eigenvalue weighted by Gasteiger charge is -2.37. The predicted octanol–water partition coefficient (Wildman–Crippen LogP) is 4.42. The molecule has 0 radical (unpaired) electrons. The average Bonchev–Trinajstić information content (AvgIpc) is 3.22. The maximum atomic E-state index is 13.0. The van der Waals surface area contributed by atoms with Gasteiger partial charge in [0, 0.05) is 5.69 Å². The third-order valence-corrected chi connectivity index (χ3v) is 5.15. The van der Waals surface area contributed by atoms with Gasteiger partial charge in [-0.15, -0.1) is 11.3 Å². The molecule has 5 heteroatoms. The van der Waals surface area contributed by atoms with Gasteiger partial charge in [0.25, 0.3) is 5.91 Å². The van der Waals surface area contributed by atoms with Gasteiger partial charge in [0.15, 0.2) is 0 Å². The Bertz CT molecular complexity index is 838. The first-order valence-corrected chi connectivity index (χ1v) is 8.35. The molecule has 3 heterocycles. The summed E-state index contributed by atoms with van der Waals surface area (Å²) < 4.78 is 5.45. The lowest BCUT2D eigenvalue weighted by atomic mass is 10.1. The first-order chi connectivity index (χ1) is 11.2. The van der Waals surface area contributed by atoms with Gasteiger partial charge in [0.05, 0.1) is 23.2 Å². The van der Waals surface area contributed by atoms with Crippen molar-refractivity contribution in [1.29, 1.82) is 0 Å². The van der Waals surface area contributed by atoms with Crippen LogP contribution in [0.4, 0.5) is 5.69 Å². The number of hydrogen-bond donors (Lipinski definition) is 1. The number of thiophene rings is 1. The number of para-hydroxylation sites is 1. The van der Waals surface area contributed by atoms with E-state index in [0.29, 0.717) is 12.1 Å². The Labute approximate surface area is 138 Å². The van der Waals surface area contributed by atoms with Crippen LogP contribution in [0.3, 0.4) is 0 Å². The fourth-order valence-corrected chi connectivity index (χ4v) is 3.89. The molecule has 1 aliphatic heterocycles. The molecule has 0 aliphatic carbocycles. The molecule has 0 fully saturated rings. The van der Waals surface area contributed by atoms with Crippen LogP contribution in [0.1, 0.15) is 32.7 Å². The largest absolute Gasteiger partial charge is 0.467 e. The van der Waals surface area contributed by atoms with E-state index in [-0.39, 0.29) is 12.1 Å². The molecule has 4 nitrogen and oxygen atoms in total. The summed E-state index contributed by atoms with van der Waals surface area (Å²) in [5.74, 6) is 0.798. The fraction of sp³-hybridized carbons (Fsp3) is 0.167. The Morgan fingerprint density at radius 2 is 2.09 bits per heavy atom. The van der Waals surface area contributed by atoms with Crippen LogP contribution in [0.5, 0.6) is 0 Å². The van der Waals surface area contributed by atoms with Crippen LogP contribution in [-0.4, -0.2) is 10.8 Å².